The summed E-state index contributed by atoms with van der Waals surface area (Å²) >= 11 is 12.4. The Kier molecular flexibility index (Phi) is 6.87. The molecule has 28 heavy (non-hydrogen) atoms. The Bertz CT molecular complexity index is 954. The number of carbonyl (C=O) groups excluding carboxylic acids is 1. The monoisotopic (exact) mass is 415 g/mol. The van der Waals surface area contributed by atoms with Crippen molar-refractivity contribution in [2.45, 2.75) is 19.3 Å². The van der Waals surface area contributed by atoms with Crippen LogP contribution in [0.1, 0.15) is 22.8 Å². The quantitative estimate of drug-likeness (QED) is 0.544. The summed E-state index contributed by atoms with van der Waals surface area (Å²) < 4.78 is 8.12. The van der Waals surface area contributed by atoms with Crippen LogP contribution in [0.2, 0.25) is 10.0 Å². The zero-order valence-corrected chi connectivity index (χ0v) is 16.5. The third-order valence-corrected chi connectivity index (χ3v) is 4.68. The smallest absolute Gasteiger partial charge is 0.241 e. The molecule has 2 aromatic carbocycles. The van der Waals surface area contributed by atoms with E-state index in [0.717, 1.165) is 16.7 Å². The lowest BCUT2D eigenvalue weighted by Gasteiger charge is -2.20. The van der Waals surface area contributed by atoms with Crippen molar-refractivity contribution in [2.75, 3.05) is 0 Å². The van der Waals surface area contributed by atoms with Crippen LogP contribution in [0.25, 0.3) is 6.08 Å². The van der Waals surface area contributed by atoms with Gasteiger partial charge in [-0.15, -0.1) is 0 Å². The molecule has 0 fully saturated rings. The fraction of sp³-hybridized carbons (Fsp3) is 0.143. The number of nitrogens with two attached hydrogens (primary N) is 1. The second-order valence-electron chi connectivity index (χ2n) is 6.20. The van der Waals surface area contributed by atoms with E-state index in [9.17, 15) is 4.79 Å². The fourth-order valence-corrected chi connectivity index (χ4v) is 3.22. The zero-order valence-electron chi connectivity index (χ0n) is 15.0. The molecule has 2 N–H and O–H groups in total. The van der Waals surface area contributed by atoms with Gasteiger partial charge in [-0.1, -0.05) is 53.5 Å². The molecular formula is C21H19Cl2N3O2. The number of halogens is 2. The highest BCUT2D eigenvalue weighted by Gasteiger charge is 2.17. The normalized spacial score (nSPS) is 12.4. The van der Waals surface area contributed by atoms with E-state index in [1.54, 1.807) is 30.7 Å². The molecule has 3 aromatic rings. The second kappa shape index (κ2) is 9.55. The molecule has 0 saturated heterocycles. The number of rotatable bonds is 8. The molecule has 3 rings (SSSR count). The van der Waals surface area contributed by atoms with E-state index in [0.29, 0.717) is 23.2 Å². The maximum atomic E-state index is 10.8. The highest BCUT2D eigenvalue weighted by Crippen LogP contribution is 2.30. The van der Waals surface area contributed by atoms with E-state index < -0.39 is 5.91 Å². The van der Waals surface area contributed by atoms with Crippen molar-refractivity contribution in [3.05, 3.63) is 94.0 Å². The van der Waals surface area contributed by atoms with Gasteiger partial charge < -0.3 is 15.0 Å². The third kappa shape index (κ3) is 5.70. The van der Waals surface area contributed by atoms with Gasteiger partial charge in [-0.25, -0.2) is 4.98 Å². The number of primary amides is 1. The molecule has 0 aliphatic rings. The summed E-state index contributed by atoms with van der Waals surface area (Å²) in [6.07, 6.45) is 8.06. The lowest BCUT2D eigenvalue weighted by atomic mass is 10.1. The van der Waals surface area contributed by atoms with Crippen LogP contribution in [0.4, 0.5) is 0 Å². The Hall–Kier alpha value is -2.60. The summed E-state index contributed by atoms with van der Waals surface area (Å²) in [5.41, 5.74) is 7.86. The SMILES string of the molecule is NC(=O)/C=C/c1ccc(COC(Cn2ccnc2)c2ccc(Cl)cc2Cl)cc1. The molecule has 1 atom stereocenters. The van der Waals surface area contributed by atoms with Crippen LogP contribution in [-0.2, 0) is 22.7 Å². The number of carbonyl (C=O) groups is 1. The maximum Gasteiger partial charge on any atom is 0.241 e. The number of amides is 1. The Labute approximate surface area is 173 Å². The predicted molar refractivity (Wildman–Crippen MR) is 111 cm³/mol. The first-order chi connectivity index (χ1) is 13.5. The zero-order chi connectivity index (χ0) is 19.9. The van der Waals surface area contributed by atoms with Crippen molar-refractivity contribution in [3.63, 3.8) is 0 Å². The van der Waals surface area contributed by atoms with Gasteiger partial charge in [0.05, 0.1) is 19.5 Å². The van der Waals surface area contributed by atoms with Crippen LogP contribution < -0.4 is 5.73 Å². The minimum Gasteiger partial charge on any atom is -0.367 e. The molecule has 1 aromatic heterocycles. The van der Waals surface area contributed by atoms with Gasteiger partial charge in [0.15, 0.2) is 0 Å². The number of benzene rings is 2. The van der Waals surface area contributed by atoms with E-state index in [1.165, 1.54) is 6.08 Å². The van der Waals surface area contributed by atoms with Gasteiger partial charge in [0.25, 0.3) is 0 Å². The van der Waals surface area contributed by atoms with Crippen LogP contribution in [0.15, 0.2) is 67.3 Å². The Balaban J connectivity index is 1.73. The summed E-state index contributed by atoms with van der Waals surface area (Å²) in [4.78, 5) is 14.9. The van der Waals surface area contributed by atoms with Crippen molar-refractivity contribution in [3.8, 4) is 0 Å². The summed E-state index contributed by atoms with van der Waals surface area (Å²) in [5.74, 6) is -0.477. The van der Waals surface area contributed by atoms with Gasteiger partial charge in [0.1, 0.15) is 6.10 Å². The molecule has 144 valence electrons. The third-order valence-electron chi connectivity index (χ3n) is 4.12. The molecule has 1 amide bonds. The number of imidazole rings is 1. The first-order valence-corrected chi connectivity index (χ1v) is 9.35. The molecular weight excluding hydrogens is 397 g/mol. The summed E-state index contributed by atoms with van der Waals surface area (Å²) in [5, 5.41) is 1.14. The van der Waals surface area contributed by atoms with Crippen LogP contribution in [0.5, 0.6) is 0 Å². The highest BCUT2D eigenvalue weighted by molar-refractivity contribution is 6.35. The lowest BCUT2D eigenvalue weighted by molar-refractivity contribution is -0.113. The van der Waals surface area contributed by atoms with Gasteiger partial charge >= 0.3 is 0 Å². The van der Waals surface area contributed by atoms with Crippen molar-refractivity contribution >= 4 is 35.2 Å². The van der Waals surface area contributed by atoms with Crippen LogP contribution in [-0.4, -0.2) is 15.5 Å². The molecule has 0 aliphatic heterocycles. The Morgan fingerprint density at radius 1 is 1.21 bits per heavy atom. The second-order valence-corrected chi connectivity index (χ2v) is 7.05. The van der Waals surface area contributed by atoms with Gasteiger partial charge in [-0.3, -0.25) is 4.79 Å². The van der Waals surface area contributed by atoms with E-state index in [-0.39, 0.29) is 6.10 Å². The minimum absolute atomic E-state index is 0.270. The molecule has 0 bridgehead atoms. The van der Waals surface area contributed by atoms with Crippen molar-refractivity contribution in [2.24, 2.45) is 5.73 Å². The molecule has 0 radical (unpaired) electrons. The van der Waals surface area contributed by atoms with E-state index in [2.05, 4.69) is 4.98 Å². The fourth-order valence-electron chi connectivity index (χ4n) is 2.69. The van der Waals surface area contributed by atoms with Crippen molar-refractivity contribution < 1.29 is 9.53 Å². The number of ether oxygens (including phenoxy) is 1. The van der Waals surface area contributed by atoms with Crippen molar-refractivity contribution in [1.29, 1.82) is 0 Å². The summed E-state index contributed by atoms with van der Waals surface area (Å²) in [6.45, 7) is 0.971. The number of aromatic nitrogens is 2. The van der Waals surface area contributed by atoms with E-state index in [1.807, 2.05) is 41.1 Å². The predicted octanol–water partition coefficient (Wildman–Crippen LogP) is 4.65. The standard InChI is InChI=1S/C21H19Cl2N3O2/c22-17-6-7-18(19(23)11-17)20(12-26-10-9-25-14-26)28-13-16-3-1-15(2-4-16)5-8-21(24)27/h1-11,14,20H,12-13H2,(H2,24,27)/b8-5+. The maximum absolute atomic E-state index is 10.8. The molecule has 0 aliphatic carbocycles. The summed E-state index contributed by atoms with van der Waals surface area (Å²) in [7, 11) is 0. The van der Waals surface area contributed by atoms with Crippen LogP contribution in [0.3, 0.4) is 0 Å². The van der Waals surface area contributed by atoms with Gasteiger partial charge in [0, 0.05) is 34.1 Å². The highest BCUT2D eigenvalue weighted by atomic mass is 35.5. The molecule has 0 spiro atoms. The topological polar surface area (TPSA) is 70.1 Å². The van der Waals surface area contributed by atoms with Crippen molar-refractivity contribution in [1.82, 2.24) is 9.55 Å². The number of hydrogen-bond acceptors (Lipinski definition) is 3. The first-order valence-electron chi connectivity index (χ1n) is 8.60. The van der Waals surface area contributed by atoms with E-state index in [4.69, 9.17) is 33.7 Å². The number of nitrogens with zero attached hydrogens (tertiary/aromatic N) is 2. The molecule has 1 unspecified atom stereocenters. The Morgan fingerprint density at radius 3 is 2.64 bits per heavy atom. The summed E-state index contributed by atoms with van der Waals surface area (Å²) in [6, 6.07) is 13.1. The minimum atomic E-state index is -0.477. The molecule has 0 saturated carbocycles. The van der Waals surface area contributed by atoms with E-state index >= 15 is 0 Å². The van der Waals surface area contributed by atoms with Gasteiger partial charge in [0.2, 0.25) is 5.91 Å². The average Bonchev–Trinajstić information content (AvgIpc) is 3.18. The molecule has 1 heterocycles. The van der Waals surface area contributed by atoms with Gasteiger partial charge in [-0.2, -0.15) is 0 Å². The van der Waals surface area contributed by atoms with Crippen LogP contribution >= 0.6 is 23.2 Å². The first kappa shape index (κ1) is 20.1. The number of hydrogen-bond donors (Lipinski definition) is 1. The van der Waals surface area contributed by atoms with Gasteiger partial charge in [-0.05, 0) is 29.3 Å². The molecule has 5 nitrogen and oxygen atoms in total. The van der Waals surface area contributed by atoms with Crippen LogP contribution in [0, 0.1) is 0 Å². The Morgan fingerprint density at radius 2 is 2.00 bits per heavy atom. The molecule has 7 heteroatoms. The lowest BCUT2D eigenvalue weighted by Crippen LogP contribution is -2.12. The average molecular weight is 416 g/mol. The largest absolute Gasteiger partial charge is 0.367 e.